The number of amides is 1. The first kappa shape index (κ1) is 30.1. The zero-order chi connectivity index (χ0) is 29.0. The highest BCUT2D eigenvalue weighted by molar-refractivity contribution is 7.99. The number of fused-ring (bicyclic) bond motifs is 1. The van der Waals surface area contributed by atoms with Crippen molar-refractivity contribution in [3.05, 3.63) is 65.9 Å². The number of carbonyl (C=O) groups is 1. The number of aromatic nitrogens is 1. The quantitative estimate of drug-likeness (QED) is 0.350. The fourth-order valence-electron chi connectivity index (χ4n) is 5.83. The van der Waals surface area contributed by atoms with E-state index in [2.05, 4.69) is 27.0 Å². The number of nitrogens with one attached hydrogen (secondary N) is 1. The number of halogens is 1. The first-order valence-corrected chi connectivity index (χ1v) is 17.1. The average Bonchev–Trinajstić information content (AvgIpc) is 2.98. The van der Waals surface area contributed by atoms with Crippen LogP contribution in [0.1, 0.15) is 26.7 Å². The Morgan fingerprint density at radius 2 is 1.76 bits per heavy atom. The van der Waals surface area contributed by atoms with E-state index in [1.165, 1.54) is 9.99 Å². The lowest BCUT2D eigenvalue weighted by Gasteiger charge is -2.43. The number of rotatable bonds is 9. The highest BCUT2D eigenvalue weighted by Crippen LogP contribution is 2.28. The highest BCUT2D eigenvalue weighted by Gasteiger charge is 2.39. The first-order valence-electron chi connectivity index (χ1n) is 14.2. The Bertz CT molecular complexity index is 1450. The van der Waals surface area contributed by atoms with Gasteiger partial charge in [-0.25, -0.2) is 8.42 Å². The molecule has 1 aromatic heterocycles. The summed E-state index contributed by atoms with van der Waals surface area (Å²) in [5, 5.41) is 5.38. The van der Waals surface area contributed by atoms with E-state index < -0.39 is 16.1 Å². The maximum atomic E-state index is 13.8. The monoisotopic (exact) mass is 615 g/mol. The topological polar surface area (TPSA) is 85.8 Å². The molecule has 0 radical (unpaired) electrons. The third-order valence-electron chi connectivity index (χ3n) is 8.07. The molecule has 1 amide bonds. The Kier molecular flexibility index (Phi) is 9.76. The fraction of sp³-hybridized carbons (Fsp3) is 0.467. The number of thioether (sulfide) groups is 1. The zero-order valence-electron chi connectivity index (χ0n) is 23.6. The summed E-state index contributed by atoms with van der Waals surface area (Å²) in [6.07, 6.45) is 5.70. The second kappa shape index (κ2) is 13.3. The maximum absolute atomic E-state index is 13.8. The van der Waals surface area contributed by atoms with Crippen LogP contribution in [0.5, 0.6) is 0 Å². The lowest BCUT2D eigenvalue weighted by atomic mass is 9.94. The number of carbonyl (C=O) groups excluding carboxylic acids is 1. The maximum Gasteiger partial charge on any atom is 0.243 e. The summed E-state index contributed by atoms with van der Waals surface area (Å²) in [4.78, 5) is 22.5. The molecule has 8 nitrogen and oxygen atoms in total. The normalized spacial score (nSPS) is 20.3. The van der Waals surface area contributed by atoms with Gasteiger partial charge in [0.1, 0.15) is 6.04 Å². The number of piperazine rings is 1. The minimum Gasteiger partial charge on any atom is -0.371 e. The van der Waals surface area contributed by atoms with E-state index >= 15 is 0 Å². The van der Waals surface area contributed by atoms with E-state index in [1.54, 1.807) is 36.0 Å². The molecular weight excluding hydrogens is 578 g/mol. The van der Waals surface area contributed by atoms with Crippen LogP contribution in [0.15, 0.2) is 65.8 Å². The van der Waals surface area contributed by atoms with E-state index in [9.17, 15) is 13.2 Å². The molecule has 2 unspecified atom stereocenters. The van der Waals surface area contributed by atoms with Gasteiger partial charge in [-0.3, -0.25) is 14.7 Å². The summed E-state index contributed by atoms with van der Waals surface area (Å²) in [6.45, 7) is 7.72. The van der Waals surface area contributed by atoms with E-state index in [4.69, 9.17) is 11.6 Å². The number of piperidine rings is 1. The van der Waals surface area contributed by atoms with Crippen molar-refractivity contribution in [2.24, 2.45) is 5.92 Å². The van der Waals surface area contributed by atoms with Gasteiger partial charge in [-0.15, -0.1) is 11.8 Å². The van der Waals surface area contributed by atoms with Gasteiger partial charge in [0.15, 0.2) is 0 Å². The lowest BCUT2D eigenvalue weighted by molar-refractivity contribution is -0.128. The molecule has 3 heterocycles. The lowest BCUT2D eigenvalue weighted by Crippen LogP contribution is -2.61. The first-order chi connectivity index (χ1) is 19.7. The zero-order valence-corrected chi connectivity index (χ0v) is 26.0. The van der Waals surface area contributed by atoms with Crippen molar-refractivity contribution in [3.8, 4) is 0 Å². The van der Waals surface area contributed by atoms with Crippen LogP contribution < -0.4 is 10.2 Å². The molecular formula is C30H38ClN5O3S2. The Morgan fingerprint density at radius 1 is 1.05 bits per heavy atom. The average molecular weight is 616 g/mol. The Balaban J connectivity index is 1.30. The van der Waals surface area contributed by atoms with E-state index in [1.807, 2.05) is 43.6 Å². The van der Waals surface area contributed by atoms with Crippen LogP contribution in [-0.4, -0.2) is 85.0 Å². The van der Waals surface area contributed by atoms with Gasteiger partial charge >= 0.3 is 0 Å². The van der Waals surface area contributed by atoms with Gasteiger partial charge in [-0.1, -0.05) is 30.7 Å². The summed E-state index contributed by atoms with van der Waals surface area (Å²) in [7, 11) is -3.79. The minimum absolute atomic E-state index is 0.0442. The van der Waals surface area contributed by atoms with Crippen LogP contribution in [0.2, 0.25) is 5.02 Å². The molecule has 3 aromatic rings. The number of hydrogen-bond acceptors (Lipinski definition) is 7. The van der Waals surface area contributed by atoms with Crippen molar-refractivity contribution in [3.63, 3.8) is 0 Å². The summed E-state index contributed by atoms with van der Waals surface area (Å²) < 4.78 is 29.1. The van der Waals surface area contributed by atoms with Crippen molar-refractivity contribution < 1.29 is 13.2 Å². The molecule has 2 fully saturated rings. The fourth-order valence-corrected chi connectivity index (χ4v) is 8.19. The predicted octanol–water partition coefficient (Wildman–Crippen LogP) is 4.70. The molecule has 2 aliphatic heterocycles. The van der Waals surface area contributed by atoms with Gasteiger partial charge in [0.2, 0.25) is 15.9 Å². The van der Waals surface area contributed by atoms with Crippen molar-refractivity contribution in [1.29, 1.82) is 0 Å². The van der Waals surface area contributed by atoms with Crippen LogP contribution in [-0.2, 0) is 14.8 Å². The van der Waals surface area contributed by atoms with Crippen molar-refractivity contribution in [2.75, 3.05) is 49.9 Å². The molecule has 0 aliphatic carbocycles. The van der Waals surface area contributed by atoms with Crippen LogP contribution in [0.3, 0.4) is 0 Å². The minimum atomic E-state index is -3.79. The predicted molar refractivity (Wildman–Crippen MR) is 168 cm³/mol. The Hall–Kier alpha value is -2.37. The summed E-state index contributed by atoms with van der Waals surface area (Å²) in [5.41, 5.74) is 1.19. The van der Waals surface area contributed by atoms with E-state index in [0.717, 1.165) is 49.0 Å². The van der Waals surface area contributed by atoms with Crippen molar-refractivity contribution >= 4 is 55.8 Å². The van der Waals surface area contributed by atoms with Crippen molar-refractivity contribution in [1.82, 2.24) is 19.5 Å². The second-order valence-electron chi connectivity index (χ2n) is 10.8. The summed E-state index contributed by atoms with van der Waals surface area (Å²) in [6, 6.07) is 14.1. The smallest absolute Gasteiger partial charge is 0.243 e. The molecule has 0 bridgehead atoms. The number of sulfonamides is 1. The van der Waals surface area contributed by atoms with E-state index in [-0.39, 0.29) is 22.7 Å². The highest BCUT2D eigenvalue weighted by atomic mass is 35.5. The molecule has 11 heteroatoms. The van der Waals surface area contributed by atoms with Crippen molar-refractivity contribution in [2.45, 2.75) is 43.0 Å². The molecule has 2 aliphatic rings. The Morgan fingerprint density at radius 3 is 2.49 bits per heavy atom. The molecule has 5 rings (SSSR count). The molecule has 2 aromatic carbocycles. The second-order valence-corrected chi connectivity index (χ2v) is 14.8. The largest absolute Gasteiger partial charge is 0.371 e. The Labute approximate surface area is 252 Å². The number of nitrogens with zero attached hydrogens (tertiary/aromatic N) is 4. The van der Waals surface area contributed by atoms with Crippen LogP contribution in [0, 0.1) is 5.92 Å². The third-order valence-corrected chi connectivity index (χ3v) is 11.1. The van der Waals surface area contributed by atoms with Gasteiger partial charge in [0, 0.05) is 62.4 Å². The molecule has 41 heavy (non-hydrogen) atoms. The number of anilines is 1. The summed E-state index contributed by atoms with van der Waals surface area (Å²) >= 11 is 7.78. The molecule has 2 atom stereocenters. The van der Waals surface area contributed by atoms with Gasteiger partial charge < -0.3 is 10.2 Å². The van der Waals surface area contributed by atoms with Gasteiger partial charge in [0.05, 0.1) is 10.3 Å². The summed E-state index contributed by atoms with van der Waals surface area (Å²) in [5.74, 6) is 1.22. The van der Waals surface area contributed by atoms with Gasteiger partial charge in [-0.05, 0) is 78.6 Å². The standard InChI is InChI=1S/C30H38ClN5O3S2/c1-3-40-22(2)33-30(37)29-21-36(41(38,39)28-7-5-24-18-26(31)6-4-25(24)19-28)17-16-35(29)20-23-10-14-34(15-11-23)27-8-12-32-13-9-27/h4-9,12-13,18-19,22-23,29H,3,10-11,14-17,20-21H2,1-2H3,(H,33,37). The molecule has 1 N–H and O–H groups in total. The molecule has 0 saturated carbocycles. The molecule has 2 saturated heterocycles. The number of pyridine rings is 1. The van der Waals surface area contributed by atoms with Crippen LogP contribution in [0.25, 0.3) is 10.8 Å². The van der Waals surface area contributed by atoms with Gasteiger partial charge in [-0.2, -0.15) is 4.31 Å². The van der Waals surface area contributed by atoms with E-state index in [0.29, 0.717) is 24.0 Å². The number of hydrogen-bond donors (Lipinski definition) is 1. The third kappa shape index (κ3) is 7.17. The number of benzene rings is 2. The van der Waals surface area contributed by atoms with Gasteiger partial charge in [0.25, 0.3) is 0 Å². The van der Waals surface area contributed by atoms with Crippen LogP contribution in [0.4, 0.5) is 5.69 Å². The molecule has 220 valence electrons. The van der Waals surface area contributed by atoms with Crippen LogP contribution >= 0.6 is 23.4 Å². The molecule has 0 spiro atoms. The SMILES string of the molecule is CCSC(C)NC(=O)C1CN(S(=O)(=O)c2ccc3cc(Cl)ccc3c2)CCN1CC1CCN(c2ccncc2)CC1.